The molecule has 5 heteroatoms. The van der Waals surface area contributed by atoms with E-state index in [9.17, 15) is 0 Å². The van der Waals surface area contributed by atoms with Crippen molar-refractivity contribution in [2.45, 2.75) is 32.4 Å². The number of halogens is 1. The molecule has 0 aromatic heterocycles. The summed E-state index contributed by atoms with van der Waals surface area (Å²) in [6.45, 7) is 7.70. The molecule has 0 radical (unpaired) electrons. The highest BCUT2D eigenvalue weighted by Crippen LogP contribution is 2.19. The second kappa shape index (κ2) is 11.1. The van der Waals surface area contributed by atoms with E-state index < -0.39 is 0 Å². The van der Waals surface area contributed by atoms with Crippen molar-refractivity contribution >= 4 is 29.9 Å². The van der Waals surface area contributed by atoms with E-state index >= 15 is 0 Å². The molecule has 0 atom stereocenters. The first kappa shape index (κ1) is 19.5. The third kappa shape index (κ3) is 6.64. The molecule has 1 aromatic rings. The molecule has 0 amide bonds. The van der Waals surface area contributed by atoms with Crippen molar-refractivity contribution in [1.29, 1.82) is 0 Å². The van der Waals surface area contributed by atoms with Gasteiger partial charge in [0.15, 0.2) is 5.96 Å². The first-order chi connectivity index (χ1) is 10.8. The summed E-state index contributed by atoms with van der Waals surface area (Å²) in [6.07, 6.45) is 8.28. The lowest BCUT2D eigenvalue weighted by Gasteiger charge is -2.17. The number of benzene rings is 1. The largest absolute Gasteiger partial charge is 0.489 e. The maximum atomic E-state index is 5.67. The van der Waals surface area contributed by atoms with Crippen molar-refractivity contribution in [2.75, 3.05) is 13.2 Å². The van der Waals surface area contributed by atoms with Gasteiger partial charge in [-0.05, 0) is 25.8 Å². The monoisotopic (exact) mass is 427 g/mol. The van der Waals surface area contributed by atoms with Gasteiger partial charge in [0.1, 0.15) is 12.4 Å². The van der Waals surface area contributed by atoms with Crippen LogP contribution in [0.15, 0.2) is 54.1 Å². The van der Waals surface area contributed by atoms with Gasteiger partial charge >= 0.3 is 0 Å². The smallest absolute Gasteiger partial charge is 0.191 e. The third-order valence-corrected chi connectivity index (χ3v) is 3.43. The lowest BCUT2D eigenvalue weighted by Crippen LogP contribution is -2.42. The van der Waals surface area contributed by atoms with E-state index in [-0.39, 0.29) is 24.0 Å². The standard InChI is InChI=1S/C18H25N3O.HI/c1-3-13-22-17-12-8-5-9-15(17)14-20-18(19-4-2)21-16-10-6-7-11-16;/h3,5-9,12,16H,1,4,10-11,13-14H2,2H3,(H2,19,20,21);1H. The number of nitrogens with zero attached hydrogens (tertiary/aromatic N) is 1. The van der Waals surface area contributed by atoms with E-state index in [0.29, 0.717) is 19.2 Å². The molecule has 4 nitrogen and oxygen atoms in total. The second-order valence-corrected chi connectivity index (χ2v) is 5.19. The van der Waals surface area contributed by atoms with Crippen LogP contribution in [-0.4, -0.2) is 25.2 Å². The Morgan fingerprint density at radius 2 is 2.09 bits per heavy atom. The van der Waals surface area contributed by atoms with Crippen LogP contribution in [0.3, 0.4) is 0 Å². The van der Waals surface area contributed by atoms with Gasteiger partial charge in [-0.15, -0.1) is 24.0 Å². The van der Waals surface area contributed by atoms with Crippen LogP contribution < -0.4 is 15.4 Å². The molecule has 1 aromatic carbocycles. The van der Waals surface area contributed by atoms with E-state index in [4.69, 9.17) is 4.74 Å². The van der Waals surface area contributed by atoms with Crippen LogP contribution in [0.5, 0.6) is 5.75 Å². The quantitative estimate of drug-likeness (QED) is 0.302. The van der Waals surface area contributed by atoms with Gasteiger partial charge in [-0.1, -0.05) is 43.0 Å². The van der Waals surface area contributed by atoms with Gasteiger partial charge < -0.3 is 15.4 Å². The summed E-state index contributed by atoms with van der Waals surface area (Å²) in [5.41, 5.74) is 1.08. The molecule has 0 saturated carbocycles. The Morgan fingerprint density at radius 3 is 2.78 bits per heavy atom. The van der Waals surface area contributed by atoms with Crippen LogP contribution in [0.1, 0.15) is 25.3 Å². The summed E-state index contributed by atoms with van der Waals surface area (Å²) in [5, 5.41) is 6.77. The summed E-state index contributed by atoms with van der Waals surface area (Å²) in [6, 6.07) is 8.44. The molecular formula is C18H26IN3O. The molecule has 2 rings (SSSR count). The van der Waals surface area contributed by atoms with E-state index in [1.165, 1.54) is 0 Å². The zero-order valence-corrected chi connectivity index (χ0v) is 16.0. The van der Waals surface area contributed by atoms with Gasteiger partial charge in [-0.3, -0.25) is 0 Å². The molecule has 0 fully saturated rings. The molecule has 0 saturated heterocycles. The number of nitrogens with one attached hydrogen (secondary N) is 2. The Balaban J connectivity index is 0.00000264. The highest BCUT2D eigenvalue weighted by molar-refractivity contribution is 14.0. The van der Waals surface area contributed by atoms with Gasteiger partial charge in [0.2, 0.25) is 0 Å². The number of hydrogen-bond donors (Lipinski definition) is 2. The highest BCUT2D eigenvalue weighted by Gasteiger charge is 2.11. The lowest BCUT2D eigenvalue weighted by atomic mass is 10.2. The zero-order chi connectivity index (χ0) is 15.6. The Kier molecular flexibility index (Phi) is 9.43. The number of hydrogen-bond acceptors (Lipinski definition) is 2. The fraction of sp³-hybridized carbons (Fsp3) is 0.389. The predicted molar refractivity (Wildman–Crippen MR) is 108 cm³/mol. The topological polar surface area (TPSA) is 45.6 Å². The van der Waals surface area contributed by atoms with Crippen molar-refractivity contribution in [3.63, 3.8) is 0 Å². The minimum absolute atomic E-state index is 0. The van der Waals surface area contributed by atoms with Crippen molar-refractivity contribution in [3.05, 3.63) is 54.6 Å². The van der Waals surface area contributed by atoms with Gasteiger partial charge in [0.05, 0.1) is 6.54 Å². The number of ether oxygens (including phenoxy) is 1. The highest BCUT2D eigenvalue weighted by atomic mass is 127. The average molecular weight is 427 g/mol. The molecule has 0 aliphatic heterocycles. The van der Waals surface area contributed by atoms with Crippen LogP contribution in [0, 0.1) is 0 Å². The van der Waals surface area contributed by atoms with Crippen molar-refractivity contribution < 1.29 is 4.74 Å². The average Bonchev–Trinajstić information content (AvgIpc) is 3.04. The van der Waals surface area contributed by atoms with Gasteiger partial charge in [0.25, 0.3) is 0 Å². The van der Waals surface area contributed by atoms with E-state index in [1.54, 1.807) is 6.08 Å². The first-order valence-corrected chi connectivity index (χ1v) is 7.85. The Labute approximate surface area is 156 Å². The van der Waals surface area contributed by atoms with Crippen molar-refractivity contribution in [1.82, 2.24) is 10.6 Å². The molecule has 23 heavy (non-hydrogen) atoms. The number of aliphatic imine (C=N–C) groups is 1. The minimum atomic E-state index is 0. The van der Waals surface area contributed by atoms with E-state index in [2.05, 4.69) is 41.3 Å². The molecule has 0 spiro atoms. The molecule has 0 unspecified atom stereocenters. The Hall–Kier alpha value is -1.50. The SMILES string of the molecule is C=CCOc1ccccc1CN=C(NCC)NC1CC=CC1.I. The van der Waals surface area contributed by atoms with E-state index in [0.717, 1.165) is 36.7 Å². The molecule has 126 valence electrons. The first-order valence-electron chi connectivity index (χ1n) is 7.85. The number of guanidine groups is 1. The third-order valence-electron chi connectivity index (χ3n) is 3.43. The molecule has 1 aliphatic rings. The number of para-hydroxylation sites is 1. The van der Waals surface area contributed by atoms with Crippen LogP contribution in [-0.2, 0) is 6.54 Å². The van der Waals surface area contributed by atoms with Gasteiger partial charge in [-0.25, -0.2) is 4.99 Å². The minimum Gasteiger partial charge on any atom is -0.489 e. The molecule has 0 bridgehead atoms. The predicted octanol–water partition coefficient (Wildman–Crippen LogP) is 3.64. The summed E-state index contributed by atoms with van der Waals surface area (Å²) in [7, 11) is 0. The molecule has 2 N–H and O–H groups in total. The summed E-state index contributed by atoms with van der Waals surface area (Å²) < 4.78 is 5.67. The maximum absolute atomic E-state index is 5.67. The maximum Gasteiger partial charge on any atom is 0.191 e. The van der Waals surface area contributed by atoms with Crippen LogP contribution in [0.4, 0.5) is 0 Å². The summed E-state index contributed by atoms with van der Waals surface area (Å²) in [5.74, 6) is 1.72. The normalized spacial score (nSPS) is 14.2. The van der Waals surface area contributed by atoms with Gasteiger partial charge in [0, 0.05) is 18.2 Å². The van der Waals surface area contributed by atoms with Crippen LogP contribution in [0.25, 0.3) is 0 Å². The second-order valence-electron chi connectivity index (χ2n) is 5.19. The Bertz CT molecular complexity index is 535. The fourth-order valence-corrected chi connectivity index (χ4v) is 2.34. The van der Waals surface area contributed by atoms with E-state index in [1.807, 2.05) is 24.3 Å². The fourth-order valence-electron chi connectivity index (χ4n) is 2.34. The molecule has 1 aliphatic carbocycles. The zero-order valence-electron chi connectivity index (χ0n) is 13.6. The lowest BCUT2D eigenvalue weighted by molar-refractivity contribution is 0.359. The van der Waals surface area contributed by atoms with Gasteiger partial charge in [-0.2, -0.15) is 0 Å². The number of rotatable bonds is 7. The Morgan fingerprint density at radius 1 is 1.35 bits per heavy atom. The van der Waals surface area contributed by atoms with Crippen LogP contribution >= 0.6 is 24.0 Å². The van der Waals surface area contributed by atoms with Crippen molar-refractivity contribution in [2.24, 2.45) is 4.99 Å². The summed E-state index contributed by atoms with van der Waals surface area (Å²) in [4.78, 5) is 4.68. The molecular weight excluding hydrogens is 401 g/mol. The summed E-state index contributed by atoms with van der Waals surface area (Å²) >= 11 is 0. The van der Waals surface area contributed by atoms with Crippen molar-refractivity contribution in [3.8, 4) is 5.75 Å². The van der Waals surface area contributed by atoms with Crippen LogP contribution in [0.2, 0.25) is 0 Å². The molecule has 0 heterocycles.